The van der Waals surface area contributed by atoms with Gasteiger partial charge in [0.25, 0.3) is 5.91 Å². The Morgan fingerprint density at radius 1 is 1.11 bits per heavy atom. The number of benzene rings is 2. The van der Waals surface area contributed by atoms with Crippen molar-refractivity contribution in [2.75, 3.05) is 11.4 Å². The van der Waals surface area contributed by atoms with Crippen molar-refractivity contribution in [1.29, 1.82) is 0 Å². The van der Waals surface area contributed by atoms with Gasteiger partial charge in [-0.2, -0.15) is 0 Å². The molecule has 1 saturated heterocycles. The fourth-order valence-electron chi connectivity index (χ4n) is 3.18. The zero-order valence-electron chi connectivity index (χ0n) is 14.1. The molecule has 1 aliphatic heterocycles. The molecule has 0 unspecified atom stereocenters. The Hall–Kier alpha value is -3.48. The summed E-state index contributed by atoms with van der Waals surface area (Å²) in [5, 5.41) is 3.32. The highest BCUT2D eigenvalue weighted by molar-refractivity contribution is 5.99. The number of hydrogen-bond donors (Lipinski definition) is 1. The van der Waals surface area contributed by atoms with Gasteiger partial charge < -0.3 is 14.6 Å². The quantitative estimate of drug-likeness (QED) is 0.722. The second kappa shape index (κ2) is 6.68. The first-order chi connectivity index (χ1) is 13.0. The first-order valence-corrected chi connectivity index (χ1v) is 8.41. The van der Waals surface area contributed by atoms with E-state index in [1.807, 2.05) is 0 Å². The van der Waals surface area contributed by atoms with E-state index in [0.29, 0.717) is 16.7 Å². The van der Waals surface area contributed by atoms with Crippen molar-refractivity contribution in [1.82, 2.24) is 5.32 Å². The number of nitrogens with one attached hydrogen (secondary N) is 1. The SMILES string of the molecule is O=C(N[C@H]1CC(=O)N(c2cccc(F)c2)C1)c1cc2ccccc2oc1=O. The van der Waals surface area contributed by atoms with E-state index < -0.39 is 23.4 Å². The van der Waals surface area contributed by atoms with Crippen LogP contribution in [0, 0.1) is 5.82 Å². The van der Waals surface area contributed by atoms with Crippen molar-refractivity contribution in [3.05, 3.63) is 76.4 Å². The fourth-order valence-corrected chi connectivity index (χ4v) is 3.18. The number of anilines is 1. The molecule has 0 aliphatic carbocycles. The van der Waals surface area contributed by atoms with Crippen LogP contribution < -0.4 is 15.8 Å². The van der Waals surface area contributed by atoms with Crippen LogP contribution in [0.4, 0.5) is 10.1 Å². The van der Waals surface area contributed by atoms with E-state index in [9.17, 15) is 18.8 Å². The highest BCUT2D eigenvalue weighted by Gasteiger charge is 2.32. The van der Waals surface area contributed by atoms with Crippen molar-refractivity contribution < 1.29 is 18.4 Å². The molecule has 4 rings (SSSR count). The molecule has 6 nitrogen and oxygen atoms in total. The van der Waals surface area contributed by atoms with Gasteiger partial charge in [-0.05, 0) is 30.3 Å². The van der Waals surface area contributed by atoms with Gasteiger partial charge in [-0.25, -0.2) is 9.18 Å². The van der Waals surface area contributed by atoms with E-state index in [1.165, 1.54) is 29.2 Å². The number of rotatable bonds is 3. The topological polar surface area (TPSA) is 79.6 Å². The van der Waals surface area contributed by atoms with Gasteiger partial charge in [0.05, 0.1) is 6.04 Å². The summed E-state index contributed by atoms with van der Waals surface area (Å²) < 4.78 is 18.6. The van der Waals surface area contributed by atoms with Gasteiger partial charge in [-0.15, -0.1) is 0 Å². The van der Waals surface area contributed by atoms with Gasteiger partial charge >= 0.3 is 5.63 Å². The molecule has 136 valence electrons. The molecule has 2 heterocycles. The molecule has 0 radical (unpaired) electrons. The zero-order valence-corrected chi connectivity index (χ0v) is 14.1. The van der Waals surface area contributed by atoms with Crippen molar-refractivity contribution in [3.63, 3.8) is 0 Å². The molecule has 1 aromatic heterocycles. The number of halogens is 1. The first-order valence-electron chi connectivity index (χ1n) is 8.41. The minimum Gasteiger partial charge on any atom is -0.422 e. The monoisotopic (exact) mass is 366 g/mol. The molecule has 1 aliphatic rings. The Morgan fingerprint density at radius 3 is 2.74 bits per heavy atom. The molecule has 27 heavy (non-hydrogen) atoms. The van der Waals surface area contributed by atoms with Gasteiger partial charge in [-0.3, -0.25) is 9.59 Å². The van der Waals surface area contributed by atoms with Crippen LogP contribution in [0.15, 0.2) is 63.8 Å². The summed E-state index contributed by atoms with van der Waals surface area (Å²) in [4.78, 5) is 38.2. The third kappa shape index (κ3) is 3.31. The Bertz CT molecular complexity index is 1110. The average molecular weight is 366 g/mol. The molecule has 3 aromatic rings. The molecule has 0 bridgehead atoms. The molecule has 0 saturated carbocycles. The molecular formula is C20H15FN2O4. The molecule has 1 fully saturated rings. The maximum atomic E-state index is 13.4. The smallest absolute Gasteiger partial charge is 0.349 e. The van der Waals surface area contributed by atoms with Crippen molar-refractivity contribution >= 4 is 28.5 Å². The van der Waals surface area contributed by atoms with Gasteiger partial charge in [0.2, 0.25) is 5.91 Å². The minimum absolute atomic E-state index is 0.0706. The van der Waals surface area contributed by atoms with Crippen LogP contribution >= 0.6 is 0 Å². The van der Waals surface area contributed by atoms with E-state index in [1.54, 1.807) is 30.3 Å². The number of para-hydroxylation sites is 1. The molecule has 1 N–H and O–H groups in total. The normalized spacial score (nSPS) is 16.7. The summed E-state index contributed by atoms with van der Waals surface area (Å²) >= 11 is 0. The van der Waals surface area contributed by atoms with Crippen LogP contribution in [-0.4, -0.2) is 24.4 Å². The third-order valence-corrected chi connectivity index (χ3v) is 4.47. The molecule has 0 spiro atoms. The number of fused-ring (bicyclic) bond motifs is 1. The van der Waals surface area contributed by atoms with Crippen LogP contribution in [0.3, 0.4) is 0 Å². The van der Waals surface area contributed by atoms with Crippen LogP contribution in [0.2, 0.25) is 0 Å². The van der Waals surface area contributed by atoms with E-state index in [-0.39, 0.29) is 24.4 Å². The summed E-state index contributed by atoms with van der Waals surface area (Å²) in [6.45, 7) is 0.201. The van der Waals surface area contributed by atoms with Crippen LogP contribution in [-0.2, 0) is 4.79 Å². The first kappa shape index (κ1) is 17.0. The highest BCUT2D eigenvalue weighted by atomic mass is 19.1. The van der Waals surface area contributed by atoms with Crippen molar-refractivity contribution in [2.45, 2.75) is 12.5 Å². The van der Waals surface area contributed by atoms with E-state index in [0.717, 1.165) is 0 Å². The van der Waals surface area contributed by atoms with Gasteiger partial charge in [-0.1, -0.05) is 24.3 Å². The lowest BCUT2D eigenvalue weighted by molar-refractivity contribution is -0.117. The number of amides is 2. The highest BCUT2D eigenvalue weighted by Crippen LogP contribution is 2.22. The Morgan fingerprint density at radius 2 is 1.93 bits per heavy atom. The second-order valence-corrected chi connectivity index (χ2v) is 6.34. The van der Waals surface area contributed by atoms with Gasteiger partial charge in [0.15, 0.2) is 0 Å². The second-order valence-electron chi connectivity index (χ2n) is 6.34. The van der Waals surface area contributed by atoms with Crippen LogP contribution in [0.5, 0.6) is 0 Å². The molecule has 2 aromatic carbocycles. The Balaban J connectivity index is 1.53. The number of hydrogen-bond acceptors (Lipinski definition) is 4. The lowest BCUT2D eigenvalue weighted by atomic mass is 10.1. The molecule has 2 amide bonds. The predicted octanol–water partition coefficient (Wildman–Crippen LogP) is 2.47. The number of carbonyl (C=O) groups excluding carboxylic acids is 2. The number of carbonyl (C=O) groups is 2. The number of nitrogens with zero attached hydrogens (tertiary/aromatic N) is 1. The Kier molecular flexibility index (Phi) is 4.19. The van der Waals surface area contributed by atoms with Crippen LogP contribution in [0.1, 0.15) is 16.8 Å². The summed E-state index contributed by atoms with van der Waals surface area (Å²) in [7, 11) is 0. The van der Waals surface area contributed by atoms with Crippen molar-refractivity contribution in [2.24, 2.45) is 0 Å². The summed E-state index contributed by atoms with van der Waals surface area (Å²) in [5.74, 6) is -1.27. The van der Waals surface area contributed by atoms with Crippen LogP contribution in [0.25, 0.3) is 11.0 Å². The minimum atomic E-state index is -0.738. The average Bonchev–Trinajstić information content (AvgIpc) is 3.01. The standard InChI is InChI=1S/C20H15FN2O4/c21-13-5-3-6-15(9-13)23-11-14(10-18(23)24)22-19(25)16-8-12-4-1-2-7-17(12)27-20(16)26/h1-9,14H,10-11H2,(H,22,25)/t14-/m0/s1. The molecular weight excluding hydrogens is 351 g/mol. The van der Waals surface area contributed by atoms with E-state index in [2.05, 4.69) is 5.32 Å². The maximum Gasteiger partial charge on any atom is 0.349 e. The van der Waals surface area contributed by atoms with Gasteiger partial charge in [0.1, 0.15) is 17.0 Å². The maximum absolute atomic E-state index is 13.4. The largest absolute Gasteiger partial charge is 0.422 e. The molecule has 1 atom stereocenters. The Labute approximate surface area is 153 Å². The molecule has 7 heteroatoms. The lowest BCUT2D eigenvalue weighted by Crippen LogP contribution is -2.39. The third-order valence-electron chi connectivity index (χ3n) is 4.47. The fraction of sp³-hybridized carbons (Fsp3) is 0.150. The summed E-state index contributed by atoms with van der Waals surface area (Å²) in [6, 6.07) is 13.6. The lowest BCUT2D eigenvalue weighted by Gasteiger charge is -2.17. The summed E-state index contributed by atoms with van der Waals surface area (Å²) in [6.07, 6.45) is 0.0706. The van der Waals surface area contributed by atoms with Crippen molar-refractivity contribution in [3.8, 4) is 0 Å². The van der Waals surface area contributed by atoms with E-state index >= 15 is 0 Å². The van der Waals surface area contributed by atoms with E-state index in [4.69, 9.17) is 4.42 Å². The zero-order chi connectivity index (χ0) is 19.0. The predicted molar refractivity (Wildman–Crippen MR) is 97.1 cm³/mol. The van der Waals surface area contributed by atoms with Gasteiger partial charge in [0, 0.05) is 24.0 Å². The summed E-state index contributed by atoms with van der Waals surface area (Å²) in [5.41, 5.74) is -0.0304.